The van der Waals surface area contributed by atoms with Gasteiger partial charge < -0.3 is 19.4 Å². The number of likely N-dealkylation sites (N-methyl/N-ethyl adjacent to an activating group) is 1. The number of unbranched alkanes of at least 4 members (excludes halogenated alkanes) is 15. The molecule has 0 aliphatic carbocycles. The first-order chi connectivity index (χ1) is 33.4. The number of hydrogen-bond donors (Lipinski definition) is 2. The molecule has 69 heavy (non-hydrogen) atoms. The monoisotopic (exact) mass is 982 g/mol. The van der Waals surface area contributed by atoms with Gasteiger partial charge in [-0.1, -0.05) is 201 Å². The first-order valence-electron chi connectivity index (χ1n) is 27.2. The van der Waals surface area contributed by atoms with Gasteiger partial charge in [0.2, 0.25) is 5.91 Å². The van der Waals surface area contributed by atoms with Crippen LogP contribution in [0.25, 0.3) is 0 Å². The number of hydrogen-bond acceptors (Lipinski definition) is 6. The number of carbonyl (C=O) groups is 2. The average molecular weight is 982 g/mol. The second-order valence-corrected chi connectivity index (χ2v) is 20.4. The number of ether oxygens (including phenoxy) is 1. The largest absolute Gasteiger partial charge is 0.472 e. The molecule has 0 aliphatic rings. The van der Waals surface area contributed by atoms with E-state index in [1.165, 1.54) is 57.8 Å². The number of nitrogens with zero attached hydrogens (tertiary/aromatic N) is 1. The summed E-state index contributed by atoms with van der Waals surface area (Å²) in [7, 11) is 1.42. The summed E-state index contributed by atoms with van der Waals surface area (Å²) in [6, 6.07) is -0.903. The van der Waals surface area contributed by atoms with Crippen LogP contribution in [0.2, 0.25) is 0 Å². The molecule has 0 bridgehead atoms. The smallest absolute Gasteiger partial charge is 0.456 e. The Morgan fingerprint density at radius 1 is 0.522 bits per heavy atom. The maximum atomic E-state index is 13.4. The van der Waals surface area contributed by atoms with Gasteiger partial charge in [-0.05, 0) is 96.0 Å². The van der Waals surface area contributed by atoms with Crippen LogP contribution in [0.5, 0.6) is 0 Å². The Hall–Kier alpha value is -3.33. The van der Waals surface area contributed by atoms with Gasteiger partial charge in [-0.15, -0.1) is 0 Å². The lowest BCUT2D eigenvalue weighted by atomic mass is 10.0. The molecule has 3 atom stereocenters. The molecule has 9 nitrogen and oxygen atoms in total. The molecule has 394 valence electrons. The maximum Gasteiger partial charge on any atom is 0.472 e. The zero-order chi connectivity index (χ0) is 50.8. The number of esters is 1. The molecule has 0 radical (unpaired) electrons. The number of phosphoric ester groups is 1. The van der Waals surface area contributed by atoms with Crippen LogP contribution in [-0.2, 0) is 27.9 Å². The highest BCUT2D eigenvalue weighted by Gasteiger charge is 2.30. The minimum absolute atomic E-state index is 0.0175. The first kappa shape index (κ1) is 65.7. The van der Waals surface area contributed by atoms with Crippen molar-refractivity contribution in [2.45, 2.75) is 213 Å². The molecule has 0 fully saturated rings. The Balaban J connectivity index is 5.58. The van der Waals surface area contributed by atoms with Crippen LogP contribution in [0, 0.1) is 0 Å². The summed E-state index contributed by atoms with van der Waals surface area (Å²) >= 11 is 0. The van der Waals surface area contributed by atoms with Crippen molar-refractivity contribution in [1.82, 2.24) is 5.32 Å². The maximum absolute atomic E-state index is 13.4. The van der Waals surface area contributed by atoms with E-state index in [2.05, 4.69) is 111 Å². The SMILES string of the molecule is CC/C=C/C/C=C/C/C=C/C/C=C/C/C=C/CCC(=O)NC(COP(=O)(O)OCC[N+](C)(C)C)C(/C=C/CCCCCCCCCCCCC)OC(=O)CCCCCC/C=C/C/C=C/C/C=C/CC. The Morgan fingerprint density at radius 2 is 0.942 bits per heavy atom. The fraction of sp³-hybridized carbons (Fsp3) is 0.661. The Bertz CT molecular complexity index is 1550. The molecule has 0 aromatic rings. The summed E-state index contributed by atoms with van der Waals surface area (Å²) in [5.41, 5.74) is 0. The van der Waals surface area contributed by atoms with Gasteiger partial charge in [0.25, 0.3) is 0 Å². The highest BCUT2D eigenvalue weighted by molar-refractivity contribution is 7.47. The number of carbonyl (C=O) groups excluding carboxylic acids is 2. The van der Waals surface area contributed by atoms with Gasteiger partial charge in [0.1, 0.15) is 19.3 Å². The number of nitrogens with one attached hydrogen (secondary N) is 1. The highest BCUT2D eigenvalue weighted by Crippen LogP contribution is 2.43. The predicted octanol–water partition coefficient (Wildman–Crippen LogP) is 16.2. The normalized spacial score (nSPS) is 14.7. The fourth-order valence-corrected chi connectivity index (χ4v) is 7.79. The number of amides is 1. The molecule has 2 N–H and O–H groups in total. The fourth-order valence-electron chi connectivity index (χ4n) is 7.06. The number of phosphoric acid groups is 1. The third-order valence-corrected chi connectivity index (χ3v) is 12.2. The van der Waals surface area contributed by atoms with Crippen molar-refractivity contribution in [2.24, 2.45) is 0 Å². The zero-order valence-electron chi connectivity index (χ0n) is 44.8. The van der Waals surface area contributed by atoms with E-state index in [1.54, 1.807) is 0 Å². The molecular formula is C59H102N2O7P+. The zero-order valence-corrected chi connectivity index (χ0v) is 45.7. The lowest BCUT2D eigenvalue weighted by Crippen LogP contribution is -2.47. The van der Waals surface area contributed by atoms with Crippen LogP contribution in [-0.4, -0.2) is 74.3 Å². The Labute approximate surface area is 423 Å². The van der Waals surface area contributed by atoms with E-state index >= 15 is 0 Å². The average Bonchev–Trinajstić information content (AvgIpc) is 3.31. The quantitative estimate of drug-likeness (QED) is 0.0205. The van der Waals surface area contributed by atoms with Crippen molar-refractivity contribution >= 4 is 19.7 Å². The van der Waals surface area contributed by atoms with E-state index in [-0.39, 0.29) is 37.9 Å². The van der Waals surface area contributed by atoms with Crippen molar-refractivity contribution in [1.29, 1.82) is 0 Å². The van der Waals surface area contributed by atoms with Crippen molar-refractivity contribution in [3.05, 3.63) is 109 Å². The minimum Gasteiger partial charge on any atom is -0.456 e. The molecule has 0 aromatic heterocycles. The standard InChI is InChI=1S/C59H101N2O7P/c1-7-10-13-16-19-22-25-28-30-31-33-36-39-42-45-48-51-58(62)60-56(55-67-69(64,65)66-54-53-61(4,5)6)57(50-47-44-41-38-35-32-27-24-21-18-15-12-9-3)68-59(63)52-49-46-43-40-37-34-29-26-23-20-17-14-11-8-2/h10-11,13-14,19-20,22-23,28-30,33-34,36,42,45,47,50,56-57H,7-9,12,15-18,21,24-27,31-32,35,37-41,43-44,46,48-49,51-55H2,1-6H3,(H-,60,62,64,65)/p+1/b13-10+,14-11+,22-19+,23-20+,30-28+,34-29+,36-33+,45-42+,50-47+. The number of allylic oxidation sites excluding steroid dienone is 17. The van der Waals surface area contributed by atoms with Gasteiger partial charge in [-0.25, -0.2) is 4.57 Å². The highest BCUT2D eigenvalue weighted by atomic mass is 31.2. The molecule has 0 aromatic carbocycles. The van der Waals surface area contributed by atoms with Crippen molar-refractivity contribution in [2.75, 3.05) is 40.9 Å². The third-order valence-electron chi connectivity index (χ3n) is 11.2. The molecule has 3 unspecified atom stereocenters. The second-order valence-electron chi connectivity index (χ2n) is 19.0. The van der Waals surface area contributed by atoms with Crippen LogP contribution >= 0.6 is 7.82 Å². The van der Waals surface area contributed by atoms with E-state index in [1.807, 2.05) is 45.4 Å². The summed E-state index contributed by atoms with van der Waals surface area (Å²) in [6.45, 7) is 6.68. The number of quaternary nitrogens is 1. The Kier molecular flexibility index (Phi) is 46.0. The van der Waals surface area contributed by atoms with Crippen LogP contribution in [0.3, 0.4) is 0 Å². The van der Waals surface area contributed by atoms with Crippen LogP contribution in [0.15, 0.2) is 109 Å². The van der Waals surface area contributed by atoms with Gasteiger partial charge in [-0.3, -0.25) is 18.6 Å². The van der Waals surface area contributed by atoms with Crippen LogP contribution in [0.1, 0.15) is 201 Å². The molecular weight excluding hydrogens is 880 g/mol. The van der Waals surface area contributed by atoms with Gasteiger partial charge in [0, 0.05) is 12.8 Å². The van der Waals surface area contributed by atoms with E-state index < -0.39 is 20.0 Å². The van der Waals surface area contributed by atoms with Crippen molar-refractivity contribution in [3.63, 3.8) is 0 Å². The van der Waals surface area contributed by atoms with Crippen LogP contribution < -0.4 is 5.32 Å². The van der Waals surface area contributed by atoms with E-state index in [0.29, 0.717) is 23.9 Å². The summed E-state index contributed by atoms with van der Waals surface area (Å²) in [5, 5.41) is 2.98. The van der Waals surface area contributed by atoms with Gasteiger partial charge in [0.15, 0.2) is 0 Å². The topological polar surface area (TPSA) is 111 Å². The third kappa shape index (κ3) is 49.4. The van der Waals surface area contributed by atoms with Gasteiger partial charge in [-0.2, -0.15) is 0 Å². The van der Waals surface area contributed by atoms with Crippen LogP contribution in [0.4, 0.5) is 0 Å². The molecule has 0 spiro atoms. The van der Waals surface area contributed by atoms with Crippen molar-refractivity contribution in [3.8, 4) is 0 Å². The molecule has 10 heteroatoms. The molecule has 0 aliphatic heterocycles. The molecule has 0 saturated carbocycles. The molecule has 0 rings (SSSR count). The van der Waals surface area contributed by atoms with E-state index in [4.69, 9.17) is 13.8 Å². The first-order valence-corrected chi connectivity index (χ1v) is 28.7. The minimum atomic E-state index is -4.47. The second kappa shape index (κ2) is 48.3. The molecule has 1 amide bonds. The predicted molar refractivity (Wildman–Crippen MR) is 295 cm³/mol. The Morgan fingerprint density at radius 3 is 1.42 bits per heavy atom. The summed E-state index contributed by atoms with van der Waals surface area (Å²) in [5.74, 6) is -0.638. The van der Waals surface area contributed by atoms with E-state index in [9.17, 15) is 19.0 Å². The number of rotatable bonds is 47. The molecule has 0 heterocycles. The van der Waals surface area contributed by atoms with Gasteiger partial charge in [0.05, 0.1) is 33.8 Å². The van der Waals surface area contributed by atoms with Gasteiger partial charge >= 0.3 is 13.8 Å². The molecule has 0 saturated heterocycles. The lowest BCUT2D eigenvalue weighted by Gasteiger charge is -2.27. The van der Waals surface area contributed by atoms with Crippen molar-refractivity contribution < 1.29 is 37.3 Å². The summed E-state index contributed by atoms with van der Waals surface area (Å²) in [6.07, 6.45) is 65.3. The lowest BCUT2D eigenvalue weighted by molar-refractivity contribution is -0.870. The van der Waals surface area contributed by atoms with E-state index in [0.717, 1.165) is 96.3 Å². The summed E-state index contributed by atoms with van der Waals surface area (Å²) < 4.78 is 30.5. The summed E-state index contributed by atoms with van der Waals surface area (Å²) in [4.78, 5) is 37.5.